The smallest absolute Gasteiger partial charge is 0.378 e. The molecule has 2 aliphatic rings. The van der Waals surface area contributed by atoms with E-state index in [-0.39, 0.29) is 11.6 Å². The molecule has 0 bridgehead atoms. The molecule has 0 spiro atoms. The second kappa shape index (κ2) is 7.69. The molecule has 1 atom stereocenters. The average Bonchev–Trinajstić information content (AvgIpc) is 3.19. The van der Waals surface area contributed by atoms with Crippen LogP contribution in [0.4, 0.5) is 5.95 Å². The molecule has 1 aromatic heterocycles. The molecule has 2 aromatic rings. The largest absolute Gasteiger partial charge is 0.493 e. The van der Waals surface area contributed by atoms with Crippen molar-refractivity contribution in [3.05, 3.63) is 34.8 Å². The number of hydrogen-bond donors (Lipinski definition) is 1. The molecule has 0 unspecified atom stereocenters. The topological polar surface area (TPSA) is 114 Å². The Hall–Kier alpha value is -3.56. The van der Waals surface area contributed by atoms with E-state index in [0.29, 0.717) is 47.2 Å². The van der Waals surface area contributed by atoms with Crippen molar-refractivity contribution < 1.29 is 28.5 Å². The van der Waals surface area contributed by atoms with Gasteiger partial charge in [0.1, 0.15) is 6.04 Å². The van der Waals surface area contributed by atoms with Gasteiger partial charge in [0.05, 0.1) is 28.4 Å². The fourth-order valence-electron chi connectivity index (χ4n) is 3.96. The number of carbonyl (C=O) groups excluding carboxylic acids is 2. The molecule has 4 rings (SSSR count). The first-order valence-electron chi connectivity index (χ1n) is 9.41. The lowest BCUT2D eigenvalue weighted by molar-refractivity contribution is -0.116. The maximum Gasteiger partial charge on any atom is 0.378 e. The van der Waals surface area contributed by atoms with Gasteiger partial charge in [-0.1, -0.05) is 0 Å². The van der Waals surface area contributed by atoms with Gasteiger partial charge in [-0.05, 0) is 25.0 Å². The van der Waals surface area contributed by atoms with Gasteiger partial charge in [0.25, 0.3) is 5.82 Å². The molecule has 1 aromatic carbocycles. The predicted octanol–water partition coefficient (Wildman–Crippen LogP) is 2.11. The zero-order valence-electron chi connectivity index (χ0n) is 17.1. The lowest BCUT2D eigenvalue weighted by Crippen LogP contribution is -2.31. The van der Waals surface area contributed by atoms with Crippen LogP contribution in [0.1, 0.15) is 41.5 Å². The number of carbonyl (C=O) groups is 2. The molecule has 0 radical (unpaired) electrons. The van der Waals surface area contributed by atoms with Crippen LogP contribution in [0.15, 0.2) is 23.4 Å². The third kappa shape index (κ3) is 2.95. The van der Waals surface area contributed by atoms with Crippen LogP contribution >= 0.6 is 0 Å². The van der Waals surface area contributed by atoms with Gasteiger partial charge in [0.15, 0.2) is 17.3 Å². The standard InChI is InChI=1S/C20H22N4O6/c1-27-13-9-8-10(16(28-2)17(13)29-3)15-14-11(6-5-7-12(14)25)21-20-22-18(19(26)30-4)23-24(15)20/h8-9,15H,5-7H2,1-4H3,(H,21,22,23)/t15-/m0/s1. The Morgan fingerprint density at radius 3 is 2.53 bits per heavy atom. The normalized spacial score (nSPS) is 17.6. The predicted molar refractivity (Wildman–Crippen MR) is 105 cm³/mol. The van der Waals surface area contributed by atoms with Crippen LogP contribution in [-0.2, 0) is 9.53 Å². The number of esters is 1. The molecule has 0 fully saturated rings. The molecule has 0 saturated heterocycles. The van der Waals surface area contributed by atoms with Gasteiger partial charge >= 0.3 is 5.97 Å². The molecular formula is C20H22N4O6. The summed E-state index contributed by atoms with van der Waals surface area (Å²) < 4.78 is 22.8. The van der Waals surface area contributed by atoms with E-state index in [0.717, 1.165) is 12.1 Å². The second-order valence-corrected chi connectivity index (χ2v) is 6.82. The Balaban J connectivity index is 1.97. The summed E-state index contributed by atoms with van der Waals surface area (Å²) in [7, 11) is 5.82. The van der Waals surface area contributed by atoms with E-state index in [2.05, 4.69) is 15.4 Å². The number of ether oxygens (including phenoxy) is 4. The van der Waals surface area contributed by atoms with Gasteiger partial charge in [0.2, 0.25) is 11.7 Å². The van der Waals surface area contributed by atoms with Crippen molar-refractivity contribution in [2.24, 2.45) is 0 Å². The molecular weight excluding hydrogens is 392 g/mol. The van der Waals surface area contributed by atoms with Crippen LogP contribution in [0.2, 0.25) is 0 Å². The fourth-order valence-corrected chi connectivity index (χ4v) is 3.96. The van der Waals surface area contributed by atoms with Gasteiger partial charge in [-0.3, -0.25) is 4.79 Å². The van der Waals surface area contributed by atoms with Gasteiger partial charge in [-0.25, -0.2) is 9.48 Å². The molecule has 0 amide bonds. The number of nitrogens with zero attached hydrogens (tertiary/aromatic N) is 3. The Morgan fingerprint density at radius 2 is 1.87 bits per heavy atom. The van der Waals surface area contributed by atoms with Crippen molar-refractivity contribution >= 4 is 17.7 Å². The molecule has 1 aliphatic carbocycles. The van der Waals surface area contributed by atoms with Crippen molar-refractivity contribution in [1.29, 1.82) is 0 Å². The lowest BCUT2D eigenvalue weighted by atomic mass is 9.85. The molecule has 2 heterocycles. The van der Waals surface area contributed by atoms with Crippen LogP contribution in [0.5, 0.6) is 17.2 Å². The second-order valence-electron chi connectivity index (χ2n) is 6.82. The summed E-state index contributed by atoms with van der Waals surface area (Å²) >= 11 is 0. The zero-order chi connectivity index (χ0) is 21.4. The summed E-state index contributed by atoms with van der Waals surface area (Å²) in [6.07, 6.45) is 1.85. The number of fused-ring (bicyclic) bond motifs is 1. The number of benzene rings is 1. The lowest BCUT2D eigenvalue weighted by Gasteiger charge is -2.33. The van der Waals surface area contributed by atoms with E-state index in [9.17, 15) is 9.59 Å². The highest BCUT2D eigenvalue weighted by atomic mass is 16.5. The minimum absolute atomic E-state index is 0.00589. The van der Waals surface area contributed by atoms with Crippen molar-refractivity contribution in [2.75, 3.05) is 33.8 Å². The Kier molecular flexibility index (Phi) is 5.06. The fraction of sp³-hybridized carbons (Fsp3) is 0.400. The average molecular weight is 414 g/mol. The Labute approximate surface area is 172 Å². The van der Waals surface area contributed by atoms with Crippen LogP contribution in [0, 0.1) is 0 Å². The number of hydrogen-bond acceptors (Lipinski definition) is 9. The van der Waals surface area contributed by atoms with Gasteiger partial charge in [-0.2, -0.15) is 4.98 Å². The van der Waals surface area contributed by atoms with Crippen molar-refractivity contribution in [3.8, 4) is 17.2 Å². The van der Waals surface area contributed by atoms with Gasteiger partial charge in [0, 0.05) is 23.3 Å². The third-order valence-corrected chi connectivity index (χ3v) is 5.27. The van der Waals surface area contributed by atoms with E-state index in [1.54, 1.807) is 12.1 Å². The molecule has 0 saturated carbocycles. The summed E-state index contributed by atoms with van der Waals surface area (Å²) in [5.41, 5.74) is 1.98. The van der Waals surface area contributed by atoms with Gasteiger partial charge in [-0.15, -0.1) is 5.10 Å². The number of allylic oxidation sites excluding steroid dienone is 2. The van der Waals surface area contributed by atoms with Crippen LogP contribution in [-0.4, -0.2) is 55.0 Å². The number of anilines is 1. The summed E-state index contributed by atoms with van der Waals surface area (Å²) in [6.45, 7) is 0. The Bertz CT molecular complexity index is 1060. The zero-order valence-corrected chi connectivity index (χ0v) is 17.1. The van der Waals surface area contributed by atoms with Crippen molar-refractivity contribution in [1.82, 2.24) is 14.8 Å². The van der Waals surface area contributed by atoms with E-state index in [1.807, 2.05) is 0 Å². The third-order valence-electron chi connectivity index (χ3n) is 5.27. The molecule has 10 heteroatoms. The molecule has 30 heavy (non-hydrogen) atoms. The number of Topliss-reactive ketones (excluding diaryl/α,β-unsaturated/α-hetero) is 1. The highest BCUT2D eigenvalue weighted by Gasteiger charge is 2.39. The van der Waals surface area contributed by atoms with Crippen molar-refractivity contribution in [2.45, 2.75) is 25.3 Å². The summed E-state index contributed by atoms with van der Waals surface area (Å²) in [6, 6.07) is 2.89. The van der Waals surface area contributed by atoms with E-state index < -0.39 is 12.0 Å². The van der Waals surface area contributed by atoms with E-state index in [1.165, 1.54) is 33.1 Å². The quantitative estimate of drug-likeness (QED) is 0.735. The maximum atomic E-state index is 12.9. The number of nitrogens with one attached hydrogen (secondary N) is 1. The minimum atomic E-state index is -0.666. The van der Waals surface area contributed by atoms with Gasteiger partial charge < -0.3 is 24.3 Å². The minimum Gasteiger partial charge on any atom is -0.493 e. The van der Waals surface area contributed by atoms with Crippen LogP contribution < -0.4 is 19.5 Å². The van der Waals surface area contributed by atoms with Crippen molar-refractivity contribution in [3.63, 3.8) is 0 Å². The number of aromatic nitrogens is 3. The monoisotopic (exact) mass is 414 g/mol. The van der Waals surface area contributed by atoms with E-state index >= 15 is 0 Å². The first-order valence-corrected chi connectivity index (χ1v) is 9.41. The highest BCUT2D eigenvalue weighted by Crippen LogP contribution is 2.48. The summed E-state index contributed by atoms with van der Waals surface area (Å²) in [5, 5.41) is 7.49. The number of ketones is 1. The molecule has 1 aliphatic heterocycles. The van der Waals surface area contributed by atoms with E-state index in [4.69, 9.17) is 18.9 Å². The summed E-state index contributed by atoms with van der Waals surface area (Å²) in [5.74, 6) is 0.895. The molecule has 158 valence electrons. The van der Waals surface area contributed by atoms with Crippen LogP contribution in [0.3, 0.4) is 0 Å². The SMILES string of the molecule is COC(=O)c1nc2n(n1)[C@@H](c1ccc(OC)c(OC)c1OC)C1=C(CCCC1=O)N2. The van der Waals surface area contributed by atoms with Crippen LogP contribution in [0.25, 0.3) is 0 Å². The number of methoxy groups -OCH3 is 4. The molecule has 1 N–H and O–H groups in total. The maximum absolute atomic E-state index is 12.9. The Morgan fingerprint density at radius 1 is 1.10 bits per heavy atom. The number of rotatable bonds is 5. The molecule has 10 nitrogen and oxygen atoms in total. The first-order chi connectivity index (χ1) is 14.5. The first kappa shape index (κ1) is 19.7. The highest BCUT2D eigenvalue weighted by molar-refractivity contribution is 5.99. The summed E-state index contributed by atoms with van der Waals surface area (Å²) in [4.78, 5) is 29.2.